The molecule has 2 rings (SSSR count). The second kappa shape index (κ2) is 4.68. The van der Waals surface area contributed by atoms with Crippen LogP contribution in [-0.2, 0) is 12.0 Å². The number of hydrogen-bond donors (Lipinski definition) is 1. The first kappa shape index (κ1) is 14.1. The predicted octanol–water partition coefficient (Wildman–Crippen LogP) is 4.61. The van der Waals surface area contributed by atoms with Crippen LogP contribution in [0.2, 0.25) is 0 Å². The van der Waals surface area contributed by atoms with Crippen molar-refractivity contribution in [2.24, 2.45) is 11.1 Å². The molecule has 0 aliphatic heterocycles. The molecule has 2 nitrogen and oxygen atoms in total. The first-order valence-corrected chi connectivity index (χ1v) is 6.94. The van der Waals surface area contributed by atoms with Crippen molar-refractivity contribution in [3.05, 3.63) is 35.6 Å². The summed E-state index contributed by atoms with van der Waals surface area (Å²) in [7, 11) is 0. The van der Waals surface area contributed by atoms with Gasteiger partial charge < -0.3 is 10.2 Å². The monoisotopic (exact) mass is 259 g/mol. The Hall–Kier alpha value is -1.28. The van der Waals surface area contributed by atoms with Gasteiger partial charge in [-0.15, -0.1) is 0 Å². The van der Waals surface area contributed by atoms with E-state index in [9.17, 15) is 0 Å². The second-order valence-corrected chi connectivity index (χ2v) is 7.29. The molecule has 0 fully saturated rings. The maximum absolute atomic E-state index is 5.66. The summed E-state index contributed by atoms with van der Waals surface area (Å²) in [5.41, 5.74) is 8.39. The zero-order valence-electron chi connectivity index (χ0n) is 12.7. The average Bonchev–Trinajstić information content (AvgIpc) is 2.67. The molecule has 0 aliphatic rings. The minimum Gasteiger partial charge on any atom is -0.460 e. The zero-order valence-corrected chi connectivity index (χ0v) is 12.7. The summed E-state index contributed by atoms with van der Waals surface area (Å²) in [6.07, 6.45) is 1.15. The maximum atomic E-state index is 5.66. The van der Waals surface area contributed by atoms with Gasteiger partial charge in [0.1, 0.15) is 11.3 Å². The van der Waals surface area contributed by atoms with E-state index in [4.69, 9.17) is 10.2 Å². The van der Waals surface area contributed by atoms with E-state index in [0.717, 1.165) is 23.2 Å². The Balaban J connectivity index is 2.39. The van der Waals surface area contributed by atoms with Gasteiger partial charge in [0.15, 0.2) is 0 Å². The van der Waals surface area contributed by atoms with E-state index in [2.05, 4.69) is 52.8 Å². The van der Waals surface area contributed by atoms with E-state index in [-0.39, 0.29) is 5.41 Å². The molecule has 0 aliphatic carbocycles. The molecule has 1 heterocycles. The fourth-order valence-corrected chi connectivity index (χ4v) is 3.05. The summed E-state index contributed by atoms with van der Waals surface area (Å²) in [6, 6.07) is 8.53. The van der Waals surface area contributed by atoms with E-state index in [0.29, 0.717) is 12.0 Å². The predicted molar refractivity (Wildman–Crippen MR) is 81.2 cm³/mol. The molecule has 0 unspecified atom stereocenters. The maximum Gasteiger partial charge on any atom is 0.134 e. The van der Waals surface area contributed by atoms with Crippen LogP contribution >= 0.6 is 0 Å². The molecule has 19 heavy (non-hydrogen) atoms. The van der Waals surface area contributed by atoms with Gasteiger partial charge in [0.2, 0.25) is 0 Å². The van der Waals surface area contributed by atoms with Gasteiger partial charge in [-0.2, -0.15) is 0 Å². The van der Waals surface area contributed by atoms with E-state index in [1.54, 1.807) is 0 Å². The lowest BCUT2D eigenvalue weighted by atomic mass is 9.72. The van der Waals surface area contributed by atoms with Gasteiger partial charge in [-0.1, -0.05) is 40.7 Å². The third-order valence-electron chi connectivity index (χ3n) is 3.52. The van der Waals surface area contributed by atoms with E-state index in [1.807, 2.05) is 6.07 Å². The van der Waals surface area contributed by atoms with Crippen LogP contribution in [0.5, 0.6) is 0 Å². The minimum absolute atomic E-state index is 0.159. The molecule has 0 saturated carbocycles. The fourth-order valence-electron chi connectivity index (χ4n) is 3.05. The van der Waals surface area contributed by atoms with Crippen molar-refractivity contribution in [1.29, 1.82) is 0 Å². The van der Waals surface area contributed by atoms with Crippen LogP contribution in [0.3, 0.4) is 0 Å². The summed E-state index contributed by atoms with van der Waals surface area (Å²) < 4.78 is 5.66. The van der Waals surface area contributed by atoms with Crippen LogP contribution in [-0.4, -0.2) is 0 Å². The highest BCUT2D eigenvalue weighted by Gasteiger charge is 2.27. The van der Waals surface area contributed by atoms with Crippen LogP contribution in [0.1, 0.15) is 52.4 Å². The zero-order chi connectivity index (χ0) is 14.3. The van der Waals surface area contributed by atoms with Gasteiger partial charge in [-0.25, -0.2) is 0 Å². The molecule has 0 radical (unpaired) electrons. The van der Waals surface area contributed by atoms with Gasteiger partial charge in [-0.3, -0.25) is 0 Å². The van der Waals surface area contributed by atoms with E-state index >= 15 is 0 Å². The van der Waals surface area contributed by atoms with Crippen LogP contribution in [0.25, 0.3) is 11.0 Å². The Labute approximate surface area is 116 Å². The van der Waals surface area contributed by atoms with Crippen LogP contribution in [0.4, 0.5) is 0 Å². The summed E-state index contributed by atoms with van der Waals surface area (Å²) >= 11 is 0. The third-order valence-corrected chi connectivity index (χ3v) is 3.52. The summed E-state index contributed by atoms with van der Waals surface area (Å²) in [4.78, 5) is 0. The van der Waals surface area contributed by atoms with Crippen molar-refractivity contribution in [3.8, 4) is 0 Å². The highest BCUT2D eigenvalue weighted by atomic mass is 16.3. The molecule has 1 aromatic heterocycles. The third kappa shape index (κ3) is 3.19. The van der Waals surface area contributed by atoms with Gasteiger partial charge in [0, 0.05) is 5.39 Å². The standard InChI is InChI=1S/C17H25NO/c1-16(2,3)11-17(4,5)13-6-7-15-12(8-13)9-14(10-18)19-15/h6-9H,10-11,18H2,1-5H3. The Morgan fingerprint density at radius 2 is 1.74 bits per heavy atom. The average molecular weight is 259 g/mol. The lowest BCUT2D eigenvalue weighted by molar-refractivity contribution is 0.284. The summed E-state index contributed by atoms with van der Waals surface area (Å²) in [5.74, 6) is 0.848. The molecule has 1 aromatic carbocycles. The molecule has 0 amide bonds. The molecule has 0 spiro atoms. The molecule has 2 N–H and O–H groups in total. The van der Waals surface area contributed by atoms with Gasteiger partial charge >= 0.3 is 0 Å². The minimum atomic E-state index is 0.159. The van der Waals surface area contributed by atoms with Crippen LogP contribution < -0.4 is 5.73 Å². The molecule has 0 atom stereocenters. The van der Waals surface area contributed by atoms with Crippen molar-refractivity contribution < 1.29 is 4.42 Å². The molecule has 2 heteroatoms. The van der Waals surface area contributed by atoms with Crippen molar-refractivity contribution in [3.63, 3.8) is 0 Å². The second-order valence-electron chi connectivity index (χ2n) is 7.29. The Bertz CT molecular complexity index is 572. The lowest BCUT2D eigenvalue weighted by Gasteiger charge is -2.33. The number of rotatable bonds is 3. The Morgan fingerprint density at radius 3 is 2.32 bits per heavy atom. The van der Waals surface area contributed by atoms with Crippen LogP contribution in [0, 0.1) is 5.41 Å². The molecule has 104 valence electrons. The van der Waals surface area contributed by atoms with E-state index < -0.39 is 0 Å². The number of fused-ring (bicyclic) bond motifs is 1. The SMILES string of the molecule is CC(C)(C)CC(C)(C)c1ccc2oc(CN)cc2c1. The molecular formula is C17H25NO. The van der Waals surface area contributed by atoms with Crippen molar-refractivity contribution >= 4 is 11.0 Å². The highest BCUT2D eigenvalue weighted by Crippen LogP contribution is 2.37. The van der Waals surface area contributed by atoms with Crippen LogP contribution in [0.15, 0.2) is 28.7 Å². The number of furan rings is 1. The lowest BCUT2D eigenvalue weighted by Crippen LogP contribution is -2.24. The number of benzene rings is 1. The summed E-state index contributed by atoms with van der Waals surface area (Å²) in [6.45, 7) is 11.9. The number of nitrogens with two attached hydrogens (primary N) is 1. The molecule has 0 bridgehead atoms. The largest absolute Gasteiger partial charge is 0.460 e. The van der Waals surface area contributed by atoms with Gasteiger partial charge in [-0.05, 0) is 41.0 Å². The highest BCUT2D eigenvalue weighted by molar-refractivity contribution is 5.79. The summed E-state index contributed by atoms with van der Waals surface area (Å²) in [5, 5.41) is 1.15. The Kier molecular flexibility index (Phi) is 3.48. The topological polar surface area (TPSA) is 39.2 Å². The quantitative estimate of drug-likeness (QED) is 0.874. The smallest absolute Gasteiger partial charge is 0.134 e. The first-order valence-electron chi connectivity index (χ1n) is 6.94. The van der Waals surface area contributed by atoms with E-state index in [1.165, 1.54) is 5.56 Å². The molecule has 0 saturated heterocycles. The van der Waals surface area contributed by atoms with Gasteiger partial charge in [0.05, 0.1) is 6.54 Å². The van der Waals surface area contributed by atoms with Crippen molar-refractivity contribution in [2.45, 2.75) is 53.0 Å². The first-order chi connectivity index (χ1) is 8.71. The number of hydrogen-bond acceptors (Lipinski definition) is 2. The van der Waals surface area contributed by atoms with Crippen molar-refractivity contribution in [2.75, 3.05) is 0 Å². The van der Waals surface area contributed by atoms with Gasteiger partial charge in [0.25, 0.3) is 0 Å². The molecular weight excluding hydrogens is 234 g/mol. The fraction of sp³-hybridized carbons (Fsp3) is 0.529. The molecule has 2 aromatic rings. The van der Waals surface area contributed by atoms with Crippen molar-refractivity contribution in [1.82, 2.24) is 0 Å². The normalized spacial score (nSPS) is 13.2. The Morgan fingerprint density at radius 1 is 1.05 bits per heavy atom.